The Bertz CT molecular complexity index is 566. The van der Waals surface area contributed by atoms with Crippen molar-refractivity contribution >= 4 is 15.9 Å². The molecule has 0 radical (unpaired) electrons. The SMILES string of the molecule is C[C@H](NS(=O)(=O)Cc1ccccc1)C(=O)N1CCCCC1. The lowest BCUT2D eigenvalue weighted by Gasteiger charge is -2.29. The van der Waals surface area contributed by atoms with E-state index in [1.807, 2.05) is 6.07 Å². The molecule has 0 aliphatic carbocycles. The molecule has 1 heterocycles. The molecular weight excluding hydrogens is 288 g/mol. The fourth-order valence-corrected chi connectivity index (χ4v) is 3.90. The smallest absolute Gasteiger partial charge is 0.240 e. The topological polar surface area (TPSA) is 66.5 Å². The fraction of sp³-hybridized carbons (Fsp3) is 0.533. The first-order valence-electron chi connectivity index (χ1n) is 7.31. The predicted molar refractivity (Wildman–Crippen MR) is 82.1 cm³/mol. The zero-order valence-corrected chi connectivity index (χ0v) is 13.1. The summed E-state index contributed by atoms with van der Waals surface area (Å²) < 4.78 is 26.7. The molecular formula is C15H22N2O3S. The number of hydrogen-bond acceptors (Lipinski definition) is 3. The molecule has 1 aliphatic heterocycles. The largest absolute Gasteiger partial charge is 0.341 e. The first kappa shape index (κ1) is 16.0. The lowest BCUT2D eigenvalue weighted by molar-refractivity contribution is -0.133. The number of amides is 1. The molecule has 21 heavy (non-hydrogen) atoms. The van der Waals surface area contributed by atoms with Gasteiger partial charge in [-0.2, -0.15) is 0 Å². The van der Waals surface area contributed by atoms with E-state index in [1.54, 1.807) is 36.1 Å². The van der Waals surface area contributed by atoms with Gasteiger partial charge < -0.3 is 4.90 Å². The molecule has 1 atom stereocenters. The Balaban J connectivity index is 1.94. The highest BCUT2D eigenvalue weighted by Gasteiger charge is 2.25. The van der Waals surface area contributed by atoms with Crippen LogP contribution in [0.3, 0.4) is 0 Å². The van der Waals surface area contributed by atoms with E-state index >= 15 is 0 Å². The molecule has 0 aromatic heterocycles. The summed E-state index contributed by atoms with van der Waals surface area (Å²) >= 11 is 0. The van der Waals surface area contributed by atoms with Gasteiger partial charge >= 0.3 is 0 Å². The van der Waals surface area contributed by atoms with E-state index in [0.29, 0.717) is 5.56 Å². The highest BCUT2D eigenvalue weighted by atomic mass is 32.2. The summed E-state index contributed by atoms with van der Waals surface area (Å²) in [6.45, 7) is 3.06. The van der Waals surface area contributed by atoms with E-state index in [9.17, 15) is 13.2 Å². The van der Waals surface area contributed by atoms with Gasteiger partial charge in [0, 0.05) is 13.1 Å². The lowest BCUT2D eigenvalue weighted by atomic mass is 10.1. The van der Waals surface area contributed by atoms with Gasteiger partial charge in [0.15, 0.2) is 0 Å². The number of carbonyl (C=O) groups excluding carboxylic acids is 1. The van der Waals surface area contributed by atoms with Gasteiger partial charge in [0.2, 0.25) is 15.9 Å². The van der Waals surface area contributed by atoms with Crippen LogP contribution >= 0.6 is 0 Å². The summed E-state index contributed by atoms with van der Waals surface area (Å²) in [7, 11) is -3.52. The van der Waals surface area contributed by atoms with E-state index in [4.69, 9.17) is 0 Å². The minimum atomic E-state index is -3.52. The third kappa shape index (κ3) is 4.82. The molecule has 0 bridgehead atoms. The number of benzene rings is 1. The maximum Gasteiger partial charge on any atom is 0.240 e. The first-order valence-corrected chi connectivity index (χ1v) is 8.96. The number of hydrogen-bond donors (Lipinski definition) is 1. The van der Waals surface area contributed by atoms with Gasteiger partial charge in [0.1, 0.15) is 0 Å². The second-order valence-corrected chi connectivity index (χ2v) is 7.22. The molecule has 1 fully saturated rings. The van der Waals surface area contributed by atoms with Gasteiger partial charge in [-0.15, -0.1) is 0 Å². The molecule has 1 aromatic rings. The van der Waals surface area contributed by atoms with Crippen LogP contribution in [0.25, 0.3) is 0 Å². The van der Waals surface area contributed by atoms with E-state index in [1.165, 1.54) is 0 Å². The quantitative estimate of drug-likeness (QED) is 0.896. The lowest BCUT2D eigenvalue weighted by Crippen LogP contribution is -2.48. The van der Waals surface area contributed by atoms with Crippen LogP contribution < -0.4 is 4.72 Å². The number of sulfonamides is 1. The van der Waals surface area contributed by atoms with Gasteiger partial charge in [-0.25, -0.2) is 13.1 Å². The van der Waals surface area contributed by atoms with Crippen molar-refractivity contribution in [2.45, 2.75) is 38.0 Å². The van der Waals surface area contributed by atoms with Crippen LogP contribution in [0, 0.1) is 0 Å². The number of carbonyl (C=O) groups is 1. The highest BCUT2D eigenvalue weighted by molar-refractivity contribution is 7.88. The van der Waals surface area contributed by atoms with E-state index in [0.717, 1.165) is 32.4 Å². The third-order valence-corrected chi connectivity index (χ3v) is 5.02. The van der Waals surface area contributed by atoms with E-state index < -0.39 is 16.1 Å². The molecule has 1 amide bonds. The molecule has 0 saturated carbocycles. The van der Waals surface area contributed by atoms with Crippen LogP contribution in [0.1, 0.15) is 31.7 Å². The van der Waals surface area contributed by atoms with E-state index in [-0.39, 0.29) is 11.7 Å². The van der Waals surface area contributed by atoms with Crippen molar-refractivity contribution in [1.82, 2.24) is 9.62 Å². The monoisotopic (exact) mass is 310 g/mol. The summed E-state index contributed by atoms with van der Waals surface area (Å²) in [4.78, 5) is 14.0. The summed E-state index contributed by atoms with van der Waals surface area (Å²) in [6.07, 6.45) is 3.13. The van der Waals surface area contributed by atoms with Crippen molar-refractivity contribution in [2.24, 2.45) is 0 Å². The molecule has 1 saturated heterocycles. The van der Waals surface area contributed by atoms with Crippen molar-refractivity contribution in [3.05, 3.63) is 35.9 Å². The molecule has 1 aliphatic rings. The van der Waals surface area contributed by atoms with Crippen LogP contribution in [-0.4, -0.2) is 38.4 Å². The molecule has 5 nitrogen and oxygen atoms in total. The number of likely N-dealkylation sites (tertiary alicyclic amines) is 1. The van der Waals surface area contributed by atoms with Crippen molar-refractivity contribution in [1.29, 1.82) is 0 Å². The second-order valence-electron chi connectivity index (χ2n) is 5.47. The van der Waals surface area contributed by atoms with Crippen LogP contribution in [0.2, 0.25) is 0 Å². The molecule has 2 rings (SSSR count). The van der Waals surface area contributed by atoms with Gasteiger partial charge in [-0.3, -0.25) is 4.79 Å². The average Bonchev–Trinajstić information content (AvgIpc) is 2.47. The van der Waals surface area contributed by atoms with Crippen LogP contribution in [0.5, 0.6) is 0 Å². The van der Waals surface area contributed by atoms with E-state index in [2.05, 4.69) is 4.72 Å². The highest BCUT2D eigenvalue weighted by Crippen LogP contribution is 2.11. The molecule has 0 unspecified atom stereocenters. The van der Waals surface area contributed by atoms with Gasteiger partial charge in [-0.1, -0.05) is 30.3 Å². The van der Waals surface area contributed by atoms with Gasteiger partial charge in [0.25, 0.3) is 0 Å². The van der Waals surface area contributed by atoms with Gasteiger partial charge in [-0.05, 0) is 31.7 Å². The van der Waals surface area contributed by atoms with Crippen LogP contribution in [-0.2, 0) is 20.6 Å². The van der Waals surface area contributed by atoms with Crippen molar-refractivity contribution < 1.29 is 13.2 Å². The third-order valence-electron chi connectivity index (χ3n) is 3.59. The Kier molecular flexibility index (Phi) is 5.36. The molecule has 6 heteroatoms. The normalized spacial score (nSPS) is 17.5. The van der Waals surface area contributed by atoms with Crippen LogP contribution in [0.4, 0.5) is 0 Å². The Labute approximate surface area is 126 Å². The minimum absolute atomic E-state index is 0.106. The summed E-state index contributed by atoms with van der Waals surface area (Å²) in [5, 5.41) is 0. The summed E-state index contributed by atoms with van der Waals surface area (Å²) in [6, 6.07) is 8.25. The van der Waals surface area contributed by atoms with Crippen LogP contribution in [0.15, 0.2) is 30.3 Å². The molecule has 1 aromatic carbocycles. The summed E-state index contributed by atoms with van der Waals surface area (Å²) in [5.41, 5.74) is 0.711. The number of nitrogens with zero attached hydrogens (tertiary/aromatic N) is 1. The van der Waals surface area contributed by atoms with Crippen molar-refractivity contribution in [2.75, 3.05) is 13.1 Å². The average molecular weight is 310 g/mol. The van der Waals surface area contributed by atoms with Gasteiger partial charge in [0.05, 0.1) is 11.8 Å². The second kappa shape index (κ2) is 7.04. The number of rotatable bonds is 5. The fourth-order valence-electron chi connectivity index (χ4n) is 2.54. The Morgan fingerprint density at radius 2 is 1.81 bits per heavy atom. The Morgan fingerprint density at radius 3 is 2.43 bits per heavy atom. The molecule has 1 N–H and O–H groups in total. The maximum atomic E-state index is 12.2. The standard InChI is InChI=1S/C15H22N2O3S/c1-13(15(18)17-10-6-3-7-11-17)16-21(19,20)12-14-8-4-2-5-9-14/h2,4-5,8-9,13,16H,3,6-7,10-12H2,1H3/t13-/m0/s1. The zero-order valence-electron chi connectivity index (χ0n) is 12.3. The Hall–Kier alpha value is -1.40. The number of nitrogens with one attached hydrogen (secondary N) is 1. The number of piperidine rings is 1. The molecule has 116 valence electrons. The predicted octanol–water partition coefficient (Wildman–Crippen LogP) is 1.51. The first-order chi connectivity index (χ1) is 9.98. The zero-order chi connectivity index (χ0) is 15.3. The molecule has 0 spiro atoms. The van der Waals surface area contributed by atoms with Crippen molar-refractivity contribution in [3.8, 4) is 0 Å². The Morgan fingerprint density at radius 1 is 1.19 bits per heavy atom. The maximum absolute atomic E-state index is 12.2. The van der Waals surface area contributed by atoms with Crippen molar-refractivity contribution in [3.63, 3.8) is 0 Å². The minimum Gasteiger partial charge on any atom is -0.341 e. The summed E-state index contributed by atoms with van der Waals surface area (Å²) in [5.74, 6) is -0.239.